The van der Waals surface area contributed by atoms with Crippen LogP contribution in [0.3, 0.4) is 0 Å². The molecule has 1 nitrogen and oxygen atoms in total. The first kappa shape index (κ1) is 26.9. The highest BCUT2D eigenvalue weighted by molar-refractivity contribution is 7.89. The van der Waals surface area contributed by atoms with Crippen molar-refractivity contribution in [2.45, 2.75) is 58.8 Å². The summed E-state index contributed by atoms with van der Waals surface area (Å²) in [5.74, 6) is -15.4. The molecule has 2 aromatic carbocycles. The van der Waals surface area contributed by atoms with Gasteiger partial charge in [-0.15, -0.1) is 0 Å². The minimum absolute atomic E-state index is 0.223. The zero-order valence-corrected chi connectivity index (χ0v) is 20.8. The number of fused-ring (bicyclic) bond motifs is 1. The van der Waals surface area contributed by atoms with Crippen molar-refractivity contribution < 1.29 is 39.8 Å². The smallest absolute Gasteiger partial charge is 0.219 e. The van der Waals surface area contributed by atoms with Gasteiger partial charge in [0.1, 0.15) is 16.9 Å². The number of benzene rings is 2. The van der Waals surface area contributed by atoms with Crippen LogP contribution in [-0.2, 0) is 4.65 Å². The Kier molecular flexibility index (Phi) is 6.49. The molecule has 0 bridgehead atoms. The first-order valence-corrected chi connectivity index (χ1v) is 12.8. The van der Waals surface area contributed by atoms with Crippen LogP contribution in [0.1, 0.15) is 48.5 Å². The van der Waals surface area contributed by atoms with Crippen LogP contribution in [0, 0.1) is 46.5 Å². The third-order valence-corrected chi connectivity index (χ3v) is 13.9. The molecule has 0 saturated carbocycles. The standard InChI is InChI=1S/C23H26BF8OP/c1-8-33-24(14-16(28)18(30)20(32)19(31)17(14)29)10-34(22(2,3)4,23(5,6)7)21-13(24)11(25)9-12(26)15(21)27/h9H,8,10H2,1-7H3/t24-/m1/s1. The molecular formula is C23H26BF8OP. The normalized spacial score (nSPS) is 20.1. The van der Waals surface area contributed by atoms with Crippen LogP contribution in [0.4, 0.5) is 35.1 Å². The van der Waals surface area contributed by atoms with Crippen molar-refractivity contribution in [2.24, 2.45) is 0 Å². The van der Waals surface area contributed by atoms with Gasteiger partial charge in [0.2, 0.25) is 6.35 Å². The first-order valence-electron chi connectivity index (χ1n) is 10.8. The van der Waals surface area contributed by atoms with Gasteiger partial charge >= 0.3 is 0 Å². The Bertz CT molecular complexity index is 1130. The Morgan fingerprint density at radius 2 is 1.15 bits per heavy atom. The second-order valence-corrected chi connectivity index (χ2v) is 15.8. The number of hydrogen-bond acceptors (Lipinski definition) is 1. The summed E-state index contributed by atoms with van der Waals surface area (Å²) in [6, 6.07) is -0.208. The molecule has 188 valence electrons. The Hall–Kier alpha value is -1.67. The van der Waals surface area contributed by atoms with Gasteiger partial charge < -0.3 is 4.65 Å². The molecule has 0 amide bonds. The average Bonchev–Trinajstić information content (AvgIpc) is 3.03. The molecule has 0 saturated heterocycles. The van der Waals surface area contributed by atoms with Crippen LogP contribution in [0.2, 0.25) is 0 Å². The first-order chi connectivity index (χ1) is 15.4. The summed E-state index contributed by atoms with van der Waals surface area (Å²) in [4.78, 5) is 0. The largest absolute Gasteiger partial charge is 0.580 e. The van der Waals surface area contributed by atoms with Crippen molar-refractivity contribution in [1.29, 1.82) is 0 Å². The van der Waals surface area contributed by atoms with Crippen molar-refractivity contribution in [3.63, 3.8) is 0 Å². The summed E-state index contributed by atoms with van der Waals surface area (Å²) < 4.78 is 124. The van der Waals surface area contributed by atoms with Gasteiger partial charge in [-0.25, -0.2) is 30.7 Å². The van der Waals surface area contributed by atoms with Crippen LogP contribution in [0.25, 0.3) is 0 Å². The zero-order chi connectivity index (χ0) is 26.2. The van der Waals surface area contributed by atoms with Gasteiger partial charge in [0.15, 0.2) is 29.1 Å². The lowest BCUT2D eigenvalue weighted by molar-refractivity contribution is 0.335. The molecular weight excluding hydrogens is 486 g/mol. The van der Waals surface area contributed by atoms with Crippen molar-refractivity contribution >= 4 is 29.8 Å². The van der Waals surface area contributed by atoms with Crippen molar-refractivity contribution in [3.8, 4) is 0 Å². The lowest BCUT2D eigenvalue weighted by Gasteiger charge is -2.48. The van der Waals surface area contributed by atoms with Crippen LogP contribution in [-0.4, -0.2) is 29.3 Å². The molecule has 0 unspecified atom stereocenters. The van der Waals surface area contributed by atoms with Gasteiger partial charge in [0.05, 0.1) is 16.1 Å². The van der Waals surface area contributed by atoms with E-state index in [0.717, 1.165) is 0 Å². The molecule has 34 heavy (non-hydrogen) atoms. The monoisotopic (exact) mass is 512 g/mol. The van der Waals surface area contributed by atoms with Gasteiger partial charge in [-0.3, -0.25) is 0 Å². The number of rotatable bonds is 3. The van der Waals surface area contributed by atoms with E-state index in [2.05, 4.69) is 0 Å². The van der Waals surface area contributed by atoms with Crippen LogP contribution in [0.5, 0.6) is 0 Å². The molecule has 1 atom stereocenters. The second kappa shape index (κ2) is 8.19. The SMILES string of the molecule is CCO[B@-]1(c2c(F)c(F)c(F)c(F)c2F)C[P+](C(C)(C)C)(C(C)(C)C)c2c(F)c(F)cc(F)c21. The van der Waals surface area contributed by atoms with E-state index in [9.17, 15) is 17.6 Å². The predicted octanol–water partition coefficient (Wildman–Crippen LogP) is 5.69. The van der Waals surface area contributed by atoms with Crippen molar-refractivity contribution in [3.05, 3.63) is 52.6 Å². The third kappa shape index (κ3) is 3.35. The topological polar surface area (TPSA) is 9.23 Å². The van der Waals surface area contributed by atoms with Crippen molar-refractivity contribution in [1.82, 2.24) is 0 Å². The molecule has 1 aliphatic rings. The summed E-state index contributed by atoms with van der Waals surface area (Å²) in [5, 5.41) is -2.19. The Morgan fingerprint density at radius 1 is 0.706 bits per heavy atom. The molecule has 2 aromatic rings. The lowest BCUT2D eigenvalue weighted by Crippen LogP contribution is -2.66. The molecule has 0 aromatic heterocycles. The fraction of sp³-hybridized carbons (Fsp3) is 0.478. The maximum Gasteiger partial charge on any atom is 0.219 e. The predicted molar refractivity (Wildman–Crippen MR) is 120 cm³/mol. The molecule has 0 radical (unpaired) electrons. The van der Waals surface area contributed by atoms with Gasteiger partial charge in [0, 0.05) is 13.3 Å². The molecule has 11 heteroatoms. The molecule has 1 heterocycles. The Morgan fingerprint density at radius 3 is 1.56 bits per heavy atom. The van der Waals surface area contributed by atoms with Gasteiger partial charge in [-0.2, -0.15) is 4.39 Å². The van der Waals surface area contributed by atoms with Crippen molar-refractivity contribution in [2.75, 3.05) is 12.7 Å². The van der Waals surface area contributed by atoms with Crippen LogP contribution in [0.15, 0.2) is 6.07 Å². The van der Waals surface area contributed by atoms with E-state index in [0.29, 0.717) is 0 Å². The van der Waals surface area contributed by atoms with Gasteiger partial charge in [-0.05, 0) is 61.1 Å². The fourth-order valence-electron chi connectivity index (χ4n) is 5.98. The van der Waals surface area contributed by atoms with E-state index < -0.39 is 92.8 Å². The maximum atomic E-state index is 15.6. The maximum absolute atomic E-state index is 15.6. The minimum Gasteiger partial charge on any atom is -0.580 e. The summed E-state index contributed by atoms with van der Waals surface area (Å²) in [5.41, 5.74) is -2.01. The highest BCUT2D eigenvalue weighted by atomic mass is 31.2. The van der Waals surface area contributed by atoms with E-state index in [1.54, 1.807) is 41.5 Å². The van der Waals surface area contributed by atoms with E-state index in [1.807, 2.05) is 0 Å². The van der Waals surface area contributed by atoms with E-state index in [4.69, 9.17) is 4.65 Å². The molecule has 0 aliphatic carbocycles. The number of halogens is 8. The highest BCUT2D eigenvalue weighted by Crippen LogP contribution is 2.78. The van der Waals surface area contributed by atoms with Gasteiger partial charge in [0.25, 0.3) is 0 Å². The van der Waals surface area contributed by atoms with E-state index in [1.165, 1.54) is 6.92 Å². The molecule has 0 fully saturated rings. The highest BCUT2D eigenvalue weighted by Gasteiger charge is 2.69. The van der Waals surface area contributed by atoms with E-state index in [-0.39, 0.29) is 12.7 Å². The van der Waals surface area contributed by atoms with Crippen LogP contribution < -0.4 is 16.2 Å². The zero-order valence-electron chi connectivity index (χ0n) is 19.9. The van der Waals surface area contributed by atoms with Gasteiger partial charge in [-0.1, -0.05) is 10.9 Å². The quantitative estimate of drug-likeness (QED) is 0.169. The fourth-order valence-corrected chi connectivity index (χ4v) is 13.0. The Balaban J connectivity index is 2.69. The molecule has 1 aliphatic heterocycles. The summed E-state index contributed by atoms with van der Waals surface area (Å²) >= 11 is 0. The average molecular weight is 512 g/mol. The Labute approximate surface area is 194 Å². The molecule has 0 spiro atoms. The lowest BCUT2D eigenvalue weighted by atomic mass is 9.33. The number of hydrogen-bond donors (Lipinski definition) is 0. The summed E-state index contributed by atoms with van der Waals surface area (Å²) in [7, 11) is -3.22. The van der Waals surface area contributed by atoms with Crippen LogP contribution >= 0.6 is 7.26 Å². The molecule has 3 rings (SSSR count). The summed E-state index contributed by atoms with van der Waals surface area (Å²) in [6.45, 7) is 11.3. The second-order valence-electron chi connectivity index (χ2n) is 10.6. The third-order valence-electron chi connectivity index (χ3n) is 7.01. The minimum atomic E-state index is -3.53. The van der Waals surface area contributed by atoms with E-state index >= 15 is 17.6 Å². The summed E-state index contributed by atoms with van der Waals surface area (Å²) in [6.07, 6.45) is -3.53. The molecule has 0 N–H and O–H groups in total.